The highest BCUT2D eigenvalue weighted by molar-refractivity contribution is 7.21. The topological polar surface area (TPSA) is 85.8 Å². The molecule has 1 N–H and O–H groups in total. The van der Waals surface area contributed by atoms with Gasteiger partial charge in [-0.05, 0) is 26.8 Å². The summed E-state index contributed by atoms with van der Waals surface area (Å²) < 4.78 is 16.3. The first-order chi connectivity index (χ1) is 12.4. The van der Waals surface area contributed by atoms with Crippen LogP contribution < -0.4 is 10.1 Å². The largest absolute Gasteiger partial charge is 0.476 e. The molecule has 1 fully saturated rings. The van der Waals surface area contributed by atoms with Gasteiger partial charge in [0, 0.05) is 25.7 Å². The number of nitrogens with zero attached hydrogens (tertiary/aromatic N) is 3. The van der Waals surface area contributed by atoms with Gasteiger partial charge in [0.15, 0.2) is 5.13 Å². The van der Waals surface area contributed by atoms with Gasteiger partial charge in [0.2, 0.25) is 5.88 Å². The number of rotatable bonds is 5. The number of thiazole rings is 1. The molecule has 26 heavy (non-hydrogen) atoms. The lowest BCUT2D eigenvalue weighted by molar-refractivity contribution is 0.0320. The van der Waals surface area contributed by atoms with E-state index in [2.05, 4.69) is 20.2 Å². The summed E-state index contributed by atoms with van der Waals surface area (Å²) in [7, 11) is 0. The number of ether oxygens (including phenoxy) is 3. The van der Waals surface area contributed by atoms with Gasteiger partial charge in [-0.2, -0.15) is 0 Å². The third kappa shape index (κ3) is 5.52. The zero-order valence-electron chi connectivity index (χ0n) is 15.3. The second-order valence-corrected chi connectivity index (χ2v) is 7.90. The maximum atomic E-state index is 11.8. The number of morpholine rings is 1. The SMILES string of the molecule is CC(C)(C)OC(=O)Nc1nc2ccc(OCCN3CCOCC3)nc2s1. The zero-order valence-corrected chi connectivity index (χ0v) is 16.1. The van der Waals surface area contributed by atoms with E-state index < -0.39 is 11.7 Å². The van der Waals surface area contributed by atoms with Crippen LogP contribution in [0.1, 0.15) is 20.8 Å². The lowest BCUT2D eigenvalue weighted by Crippen LogP contribution is -2.38. The number of nitrogens with one attached hydrogen (secondary N) is 1. The normalized spacial score (nSPS) is 15.8. The minimum Gasteiger partial charge on any atom is -0.476 e. The van der Waals surface area contributed by atoms with Gasteiger partial charge >= 0.3 is 6.09 Å². The Morgan fingerprint density at radius 3 is 2.81 bits per heavy atom. The number of pyridine rings is 1. The third-order valence-electron chi connectivity index (χ3n) is 3.60. The fraction of sp³-hybridized carbons (Fsp3) is 0.588. The van der Waals surface area contributed by atoms with Crippen molar-refractivity contribution in [2.45, 2.75) is 26.4 Å². The predicted molar refractivity (Wildman–Crippen MR) is 100 cm³/mol. The molecule has 0 spiro atoms. The first-order valence-corrected chi connectivity index (χ1v) is 9.41. The van der Waals surface area contributed by atoms with Gasteiger partial charge in [-0.25, -0.2) is 14.8 Å². The van der Waals surface area contributed by atoms with Crippen molar-refractivity contribution in [1.29, 1.82) is 0 Å². The van der Waals surface area contributed by atoms with Gasteiger partial charge < -0.3 is 14.2 Å². The fourth-order valence-corrected chi connectivity index (χ4v) is 3.24. The predicted octanol–water partition coefficient (Wildman–Crippen LogP) is 2.75. The molecule has 0 unspecified atom stereocenters. The molecule has 0 aliphatic carbocycles. The molecule has 0 saturated carbocycles. The Morgan fingerprint density at radius 2 is 2.08 bits per heavy atom. The Balaban J connectivity index is 1.55. The molecule has 2 aromatic rings. The molecule has 1 aliphatic rings. The van der Waals surface area contributed by atoms with Crippen LogP contribution in [-0.4, -0.2) is 66.0 Å². The number of anilines is 1. The maximum absolute atomic E-state index is 11.8. The number of fused-ring (bicyclic) bond motifs is 1. The molecule has 8 nitrogen and oxygen atoms in total. The van der Waals surface area contributed by atoms with E-state index in [1.54, 1.807) is 6.07 Å². The van der Waals surface area contributed by atoms with Crippen molar-refractivity contribution in [3.8, 4) is 5.88 Å². The van der Waals surface area contributed by atoms with Crippen LogP contribution in [0.25, 0.3) is 10.3 Å². The standard InChI is InChI=1S/C17H24N4O4S/c1-17(2,3)25-16(22)20-15-18-12-4-5-13(19-14(12)26-15)24-11-8-21-6-9-23-10-7-21/h4-5H,6-11H2,1-3H3,(H,18,20,22). The molecule has 0 atom stereocenters. The second kappa shape index (κ2) is 8.15. The van der Waals surface area contributed by atoms with Gasteiger partial charge in [-0.3, -0.25) is 10.2 Å². The summed E-state index contributed by atoms with van der Waals surface area (Å²) in [5.41, 5.74) is 0.155. The first-order valence-electron chi connectivity index (χ1n) is 8.59. The van der Waals surface area contributed by atoms with E-state index in [1.165, 1.54) is 11.3 Å². The van der Waals surface area contributed by atoms with Crippen molar-refractivity contribution in [3.63, 3.8) is 0 Å². The van der Waals surface area contributed by atoms with E-state index in [1.807, 2.05) is 26.8 Å². The van der Waals surface area contributed by atoms with Crippen LogP contribution in [0.5, 0.6) is 5.88 Å². The van der Waals surface area contributed by atoms with Crippen LogP contribution in [0.2, 0.25) is 0 Å². The highest BCUT2D eigenvalue weighted by Gasteiger charge is 2.18. The fourth-order valence-electron chi connectivity index (χ4n) is 2.43. The number of carbonyl (C=O) groups is 1. The van der Waals surface area contributed by atoms with Crippen LogP contribution in [-0.2, 0) is 9.47 Å². The molecule has 3 heterocycles. The van der Waals surface area contributed by atoms with Crippen LogP contribution >= 0.6 is 11.3 Å². The highest BCUT2D eigenvalue weighted by atomic mass is 32.1. The zero-order chi connectivity index (χ0) is 18.6. The van der Waals surface area contributed by atoms with Crippen LogP contribution in [0.3, 0.4) is 0 Å². The Labute approximate surface area is 156 Å². The number of carbonyl (C=O) groups excluding carboxylic acids is 1. The first kappa shape index (κ1) is 18.8. The van der Waals surface area contributed by atoms with Gasteiger partial charge in [0.25, 0.3) is 0 Å². The van der Waals surface area contributed by atoms with E-state index in [-0.39, 0.29) is 0 Å². The quantitative estimate of drug-likeness (QED) is 0.853. The number of aromatic nitrogens is 2. The molecule has 0 aromatic carbocycles. The Kier molecular flexibility index (Phi) is 5.90. The summed E-state index contributed by atoms with van der Waals surface area (Å²) in [6.07, 6.45) is -0.529. The van der Waals surface area contributed by atoms with Crippen LogP contribution in [0, 0.1) is 0 Å². The minimum absolute atomic E-state index is 0.451. The maximum Gasteiger partial charge on any atom is 0.413 e. The number of hydrogen-bond donors (Lipinski definition) is 1. The Bertz CT molecular complexity index is 753. The molecular formula is C17H24N4O4S. The summed E-state index contributed by atoms with van der Waals surface area (Å²) >= 11 is 1.29. The van der Waals surface area contributed by atoms with Gasteiger partial charge in [-0.15, -0.1) is 0 Å². The van der Waals surface area contributed by atoms with Crippen molar-refractivity contribution >= 4 is 32.9 Å². The van der Waals surface area contributed by atoms with E-state index >= 15 is 0 Å². The number of hydrogen-bond acceptors (Lipinski definition) is 8. The molecule has 3 rings (SSSR count). The Hall–Kier alpha value is -1.97. The summed E-state index contributed by atoms with van der Waals surface area (Å²) in [5.74, 6) is 0.554. The molecule has 1 saturated heterocycles. The van der Waals surface area contributed by atoms with Crippen LogP contribution in [0.4, 0.5) is 9.93 Å². The molecule has 0 bridgehead atoms. The van der Waals surface area contributed by atoms with Crippen molar-refractivity contribution in [2.75, 3.05) is 44.8 Å². The second-order valence-electron chi connectivity index (χ2n) is 6.92. The lowest BCUT2D eigenvalue weighted by atomic mass is 10.2. The van der Waals surface area contributed by atoms with Crippen molar-refractivity contribution < 1.29 is 19.0 Å². The molecule has 1 amide bonds. The summed E-state index contributed by atoms with van der Waals surface area (Å²) in [4.78, 5) is 23.7. The third-order valence-corrected chi connectivity index (χ3v) is 4.48. The van der Waals surface area contributed by atoms with Crippen molar-refractivity contribution in [1.82, 2.24) is 14.9 Å². The van der Waals surface area contributed by atoms with Crippen molar-refractivity contribution in [2.24, 2.45) is 0 Å². The molecule has 142 valence electrons. The van der Waals surface area contributed by atoms with E-state index in [4.69, 9.17) is 14.2 Å². The molecular weight excluding hydrogens is 356 g/mol. The summed E-state index contributed by atoms with van der Waals surface area (Å²) in [6, 6.07) is 3.63. The monoisotopic (exact) mass is 380 g/mol. The average Bonchev–Trinajstić information content (AvgIpc) is 2.95. The lowest BCUT2D eigenvalue weighted by Gasteiger charge is -2.26. The molecule has 2 aromatic heterocycles. The van der Waals surface area contributed by atoms with E-state index in [9.17, 15) is 4.79 Å². The van der Waals surface area contributed by atoms with Crippen molar-refractivity contribution in [3.05, 3.63) is 12.1 Å². The van der Waals surface area contributed by atoms with Gasteiger partial charge in [-0.1, -0.05) is 11.3 Å². The van der Waals surface area contributed by atoms with Gasteiger partial charge in [0.05, 0.1) is 13.2 Å². The minimum atomic E-state index is -0.555. The Morgan fingerprint density at radius 1 is 1.31 bits per heavy atom. The highest BCUT2D eigenvalue weighted by Crippen LogP contribution is 2.26. The molecule has 0 radical (unpaired) electrons. The van der Waals surface area contributed by atoms with E-state index in [0.29, 0.717) is 28.0 Å². The van der Waals surface area contributed by atoms with E-state index in [0.717, 1.165) is 32.8 Å². The number of amides is 1. The average molecular weight is 380 g/mol. The summed E-state index contributed by atoms with van der Waals surface area (Å²) in [5, 5.41) is 3.09. The molecule has 1 aliphatic heterocycles. The summed E-state index contributed by atoms with van der Waals surface area (Å²) in [6.45, 7) is 10.3. The van der Waals surface area contributed by atoms with Crippen LogP contribution in [0.15, 0.2) is 12.1 Å². The smallest absolute Gasteiger partial charge is 0.413 e. The molecule has 9 heteroatoms. The van der Waals surface area contributed by atoms with Gasteiger partial charge in [0.1, 0.15) is 22.6 Å².